The number of hydrogen-bond donors (Lipinski definition) is 2. The van der Waals surface area contributed by atoms with Gasteiger partial charge >= 0.3 is 0 Å². The highest BCUT2D eigenvalue weighted by atomic mass is 16.7. The average molecular weight is 271 g/mol. The van der Waals surface area contributed by atoms with Gasteiger partial charge in [-0.15, -0.1) is 0 Å². The topological polar surface area (TPSA) is 86.5 Å². The van der Waals surface area contributed by atoms with E-state index in [-0.39, 0.29) is 12.7 Å². The second-order valence-electron chi connectivity index (χ2n) is 4.47. The highest BCUT2D eigenvalue weighted by Gasteiger charge is 2.19. The molecule has 0 spiro atoms. The molecule has 0 radical (unpaired) electrons. The molecule has 2 aromatic rings. The van der Waals surface area contributed by atoms with Gasteiger partial charge in [0.2, 0.25) is 6.79 Å². The van der Waals surface area contributed by atoms with E-state index < -0.39 is 0 Å². The van der Waals surface area contributed by atoms with E-state index in [0.717, 1.165) is 5.56 Å². The fourth-order valence-electron chi connectivity index (χ4n) is 1.94. The summed E-state index contributed by atoms with van der Waals surface area (Å²) in [5.74, 6) is 1.21. The summed E-state index contributed by atoms with van der Waals surface area (Å²) in [4.78, 5) is 16.3. The number of amides is 1. The van der Waals surface area contributed by atoms with Crippen LogP contribution >= 0.6 is 0 Å². The zero-order chi connectivity index (χ0) is 14.1. The van der Waals surface area contributed by atoms with Crippen LogP contribution in [0.3, 0.4) is 0 Å². The number of nitrogens with zero attached hydrogens (tertiary/aromatic N) is 1. The van der Waals surface area contributed by atoms with Gasteiger partial charge in [-0.25, -0.2) is 4.98 Å². The molecule has 0 fully saturated rings. The summed E-state index contributed by atoms with van der Waals surface area (Å²) in [6.45, 7) is 2.06. The number of nitrogens with one attached hydrogen (secondary N) is 1. The van der Waals surface area contributed by atoms with E-state index >= 15 is 0 Å². The molecule has 0 unspecified atom stereocenters. The number of carbonyl (C=O) groups excluding carboxylic acids is 1. The van der Waals surface area contributed by atoms with Crippen LogP contribution in [0.25, 0.3) is 0 Å². The summed E-state index contributed by atoms with van der Waals surface area (Å²) in [7, 11) is 0. The maximum atomic E-state index is 12.2. The summed E-state index contributed by atoms with van der Waals surface area (Å²) in [5, 5.41) is 2.70. The van der Waals surface area contributed by atoms with E-state index in [1.54, 1.807) is 24.4 Å². The minimum absolute atomic E-state index is 0.138. The number of nitrogens with two attached hydrogens (primary N) is 1. The Bertz CT molecular complexity index is 685. The number of fused-ring (bicyclic) bond motifs is 1. The van der Waals surface area contributed by atoms with Gasteiger partial charge in [0.05, 0.1) is 5.56 Å². The maximum absolute atomic E-state index is 12.2. The van der Waals surface area contributed by atoms with Gasteiger partial charge in [0.15, 0.2) is 11.5 Å². The number of pyridine rings is 1. The van der Waals surface area contributed by atoms with Gasteiger partial charge in [-0.1, -0.05) is 0 Å². The number of ether oxygens (including phenoxy) is 2. The fourth-order valence-corrected chi connectivity index (χ4v) is 1.94. The van der Waals surface area contributed by atoms with Crippen molar-refractivity contribution < 1.29 is 14.3 Å². The van der Waals surface area contributed by atoms with Gasteiger partial charge in [-0.2, -0.15) is 0 Å². The molecule has 0 atom stereocenters. The molecule has 6 nitrogen and oxygen atoms in total. The van der Waals surface area contributed by atoms with Gasteiger partial charge in [0.25, 0.3) is 5.91 Å². The number of carbonyl (C=O) groups is 1. The molecule has 1 amide bonds. The molecule has 0 saturated heterocycles. The van der Waals surface area contributed by atoms with Gasteiger partial charge in [0.1, 0.15) is 5.82 Å². The number of anilines is 2. The Hall–Kier alpha value is -2.76. The Balaban J connectivity index is 1.87. The minimum atomic E-state index is -0.334. The van der Waals surface area contributed by atoms with Crippen molar-refractivity contribution in [3.05, 3.63) is 41.6 Å². The van der Waals surface area contributed by atoms with Crippen LogP contribution in [0, 0.1) is 6.92 Å². The van der Waals surface area contributed by atoms with Gasteiger partial charge in [0, 0.05) is 18.0 Å². The number of rotatable bonds is 2. The van der Waals surface area contributed by atoms with Crippen LogP contribution < -0.4 is 20.5 Å². The molecular formula is C14H13N3O3. The zero-order valence-corrected chi connectivity index (χ0v) is 10.8. The third kappa shape index (κ3) is 2.23. The van der Waals surface area contributed by atoms with Gasteiger partial charge in [-0.3, -0.25) is 4.79 Å². The number of aromatic nitrogens is 1. The predicted octanol–water partition coefficient (Wildman–Crippen LogP) is 1.95. The van der Waals surface area contributed by atoms with Crippen LogP contribution in [0.5, 0.6) is 11.5 Å². The van der Waals surface area contributed by atoms with Crippen molar-refractivity contribution in [3.63, 3.8) is 0 Å². The van der Waals surface area contributed by atoms with Crippen LogP contribution in [-0.4, -0.2) is 17.7 Å². The second-order valence-corrected chi connectivity index (χ2v) is 4.47. The molecule has 0 saturated carbocycles. The first-order valence-electron chi connectivity index (χ1n) is 6.06. The van der Waals surface area contributed by atoms with Crippen LogP contribution in [0.2, 0.25) is 0 Å². The molecule has 20 heavy (non-hydrogen) atoms. The normalized spacial score (nSPS) is 12.2. The zero-order valence-electron chi connectivity index (χ0n) is 10.8. The molecule has 1 aromatic carbocycles. The Morgan fingerprint density at radius 1 is 1.30 bits per heavy atom. The van der Waals surface area contributed by atoms with Gasteiger partial charge < -0.3 is 20.5 Å². The largest absolute Gasteiger partial charge is 0.454 e. The SMILES string of the molecule is Cc1ccnc(NC(=O)c2cc3c(cc2N)OCO3)c1. The summed E-state index contributed by atoms with van der Waals surface area (Å²) in [6, 6.07) is 6.79. The molecule has 0 aliphatic carbocycles. The Morgan fingerprint density at radius 3 is 2.80 bits per heavy atom. The Kier molecular flexibility index (Phi) is 2.90. The number of nitrogen functional groups attached to an aromatic ring is 1. The van der Waals surface area contributed by atoms with Crippen molar-refractivity contribution in [1.29, 1.82) is 0 Å². The molecule has 0 bridgehead atoms. The molecule has 3 rings (SSSR count). The summed E-state index contributed by atoms with van der Waals surface area (Å²) in [5.41, 5.74) is 7.53. The minimum Gasteiger partial charge on any atom is -0.454 e. The lowest BCUT2D eigenvalue weighted by atomic mass is 10.1. The van der Waals surface area contributed by atoms with Crippen molar-refractivity contribution in [2.45, 2.75) is 6.92 Å². The maximum Gasteiger partial charge on any atom is 0.259 e. The lowest BCUT2D eigenvalue weighted by molar-refractivity contribution is 0.102. The highest BCUT2D eigenvalue weighted by Crippen LogP contribution is 2.36. The first-order valence-corrected chi connectivity index (χ1v) is 6.06. The monoisotopic (exact) mass is 271 g/mol. The van der Waals surface area contributed by atoms with Crippen LogP contribution in [0.15, 0.2) is 30.5 Å². The number of aryl methyl sites for hydroxylation is 1. The van der Waals surface area contributed by atoms with Gasteiger partial charge in [-0.05, 0) is 30.7 Å². The third-order valence-electron chi connectivity index (χ3n) is 2.95. The smallest absolute Gasteiger partial charge is 0.259 e. The fraction of sp³-hybridized carbons (Fsp3) is 0.143. The summed E-state index contributed by atoms with van der Waals surface area (Å²) >= 11 is 0. The molecule has 3 N–H and O–H groups in total. The second kappa shape index (κ2) is 4.73. The van der Waals surface area contributed by atoms with E-state index in [1.807, 2.05) is 13.0 Å². The first-order chi connectivity index (χ1) is 9.63. The summed E-state index contributed by atoms with van der Waals surface area (Å²) < 4.78 is 10.4. The molecule has 102 valence electrons. The van der Waals surface area contributed by atoms with Crippen molar-refractivity contribution in [2.24, 2.45) is 0 Å². The molecule has 1 aliphatic rings. The molecule has 2 heterocycles. The number of benzene rings is 1. The molecule has 1 aliphatic heterocycles. The lowest BCUT2D eigenvalue weighted by Crippen LogP contribution is -2.15. The van der Waals surface area contributed by atoms with Crippen molar-refractivity contribution >= 4 is 17.4 Å². The predicted molar refractivity (Wildman–Crippen MR) is 73.9 cm³/mol. The van der Waals surface area contributed by atoms with E-state index in [4.69, 9.17) is 15.2 Å². The van der Waals surface area contributed by atoms with Crippen LogP contribution in [0.4, 0.5) is 11.5 Å². The third-order valence-corrected chi connectivity index (χ3v) is 2.95. The number of hydrogen-bond acceptors (Lipinski definition) is 5. The van der Waals surface area contributed by atoms with Crippen molar-refractivity contribution in [1.82, 2.24) is 4.98 Å². The summed E-state index contributed by atoms with van der Waals surface area (Å²) in [6.07, 6.45) is 1.63. The Morgan fingerprint density at radius 2 is 2.05 bits per heavy atom. The molecule has 6 heteroatoms. The van der Waals surface area contributed by atoms with E-state index in [1.165, 1.54) is 0 Å². The van der Waals surface area contributed by atoms with Crippen LogP contribution in [-0.2, 0) is 0 Å². The standard InChI is InChI=1S/C14H13N3O3/c1-8-2-3-16-13(4-8)17-14(18)9-5-11-12(6-10(9)15)20-7-19-11/h2-6H,7,15H2,1H3,(H,16,17,18). The Labute approximate surface area is 115 Å². The molecule has 1 aromatic heterocycles. The average Bonchev–Trinajstić information content (AvgIpc) is 2.84. The quantitative estimate of drug-likeness (QED) is 0.815. The van der Waals surface area contributed by atoms with E-state index in [0.29, 0.717) is 28.6 Å². The van der Waals surface area contributed by atoms with Crippen molar-refractivity contribution in [3.8, 4) is 11.5 Å². The van der Waals surface area contributed by atoms with E-state index in [2.05, 4.69) is 10.3 Å². The lowest BCUT2D eigenvalue weighted by Gasteiger charge is -2.08. The van der Waals surface area contributed by atoms with Crippen molar-refractivity contribution in [2.75, 3.05) is 17.8 Å². The van der Waals surface area contributed by atoms with E-state index in [9.17, 15) is 4.79 Å². The highest BCUT2D eigenvalue weighted by molar-refractivity contribution is 6.07. The first kappa shape index (κ1) is 12.3. The van der Waals surface area contributed by atoms with Crippen LogP contribution in [0.1, 0.15) is 15.9 Å². The molecular weight excluding hydrogens is 258 g/mol.